The van der Waals surface area contributed by atoms with Gasteiger partial charge in [-0.2, -0.15) is 0 Å². The third-order valence-corrected chi connectivity index (χ3v) is 4.94. The fourth-order valence-electron chi connectivity index (χ4n) is 2.65. The molecule has 1 fully saturated rings. The lowest BCUT2D eigenvalue weighted by atomic mass is 10.1. The van der Waals surface area contributed by atoms with E-state index in [4.69, 9.17) is 0 Å². The van der Waals surface area contributed by atoms with E-state index in [9.17, 15) is 4.79 Å². The van der Waals surface area contributed by atoms with Crippen LogP contribution >= 0.6 is 36.2 Å². The molecular weight excluding hydrogens is 353 g/mol. The first-order valence-electron chi connectivity index (χ1n) is 7.66. The molecule has 0 aliphatic carbocycles. The van der Waals surface area contributed by atoms with Gasteiger partial charge in [0.1, 0.15) is 0 Å². The SMILES string of the molecule is Cl.Cl.O=C(CCCCc1nc2ccccc2s1)N1CCNCC1. The van der Waals surface area contributed by atoms with Crippen LogP contribution in [0.25, 0.3) is 10.2 Å². The first kappa shape index (κ1) is 20.2. The van der Waals surface area contributed by atoms with Crippen LogP contribution in [0.2, 0.25) is 0 Å². The van der Waals surface area contributed by atoms with Crippen LogP contribution in [0.3, 0.4) is 0 Å². The second kappa shape index (κ2) is 10.1. The molecule has 1 saturated heterocycles. The minimum atomic E-state index is 0. The molecule has 0 saturated carbocycles. The lowest BCUT2D eigenvalue weighted by molar-refractivity contribution is -0.131. The molecule has 23 heavy (non-hydrogen) atoms. The van der Waals surface area contributed by atoms with E-state index in [1.54, 1.807) is 11.3 Å². The molecule has 1 aliphatic rings. The number of benzene rings is 1. The number of nitrogens with zero attached hydrogens (tertiary/aromatic N) is 2. The zero-order chi connectivity index (χ0) is 14.5. The third kappa shape index (κ3) is 5.60. The van der Waals surface area contributed by atoms with Crippen LogP contribution in [-0.2, 0) is 11.2 Å². The molecule has 1 aromatic carbocycles. The minimum absolute atomic E-state index is 0. The summed E-state index contributed by atoms with van der Waals surface area (Å²) in [5.41, 5.74) is 1.09. The molecule has 1 aliphatic heterocycles. The molecule has 4 nitrogen and oxygen atoms in total. The normalized spacial score (nSPS) is 14.2. The van der Waals surface area contributed by atoms with Crippen LogP contribution in [0.15, 0.2) is 24.3 Å². The topological polar surface area (TPSA) is 45.2 Å². The Morgan fingerprint density at radius 3 is 2.65 bits per heavy atom. The summed E-state index contributed by atoms with van der Waals surface area (Å²) < 4.78 is 1.25. The van der Waals surface area contributed by atoms with Gasteiger partial charge >= 0.3 is 0 Å². The van der Waals surface area contributed by atoms with Gasteiger partial charge in [0.25, 0.3) is 0 Å². The molecule has 128 valence electrons. The number of hydrogen-bond donors (Lipinski definition) is 1. The Morgan fingerprint density at radius 2 is 1.91 bits per heavy atom. The zero-order valence-electron chi connectivity index (χ0n) is 13.0. The molecule has 0 unspecified atom stereocenters. The van der Waals surface area contributed by atoms with Crippen molar-refractivity contribution in [3.63, 3.8) is 0 Å². The van der Waals surface area contributed by atoms with E-state index in [0.29, 0.717) is 12.3 Å². The van der Waals surface area contributed by atoms with Gasteiger partial charge < -0.3 is 10.2 Å². The third-order valence-electron chi connectivity index (χ3n) is 3.84. The Morgan fingerprint density at radius 1 is 1.17 bits per heavy atom. The van der Waals surface area contributed by atoms with E-state index in [2.05, 4.69) is 28.5 Å². The number of para-hydroxylation sites is 1. The van der Waals surface area contributed by atoms with E-state index < -0.39 is 0 Å². The van der Waals surface area contributed by atoms with E-state index in [1.807, 2.05) is 11.0 Å². The van der Waals surface area contributed by atoms with E-state index >= 15 is 0 Å². The molecule has 2 aromatic rings. The van der Waals surface area contributed by atoms with Crippen molar-refractivity contribution in [1.29, 1.82) is 0 Å². The Kier molecular flexibility index (Phi) is 8.84. The molecule has 2 heterocycles. The number of aromatic nitrogens is 1. The maximum absolute atomic E-state index is 12.0. The summed E-state index contributed by atoms with van der Waals surface area (Å²) in [6.07, 6.45) is 3.65. The summed E-state index contributed by atoms with van der Waals surface area (Å²) in [4.78, 5) is 18.6. The number of carbonyl (C=O) groups excluding carboxylic acids is 1. The molecular formula is C16H23Cl2N3OS. The lowest BCUT2D eigenvalue weighted by Gasteiger charge is -2.27. The fourth-order valence-corrected chi connectivity index (χ4v) is 3.66. The molecule has 1 N–H and O–H groups in total. The number of hydrogen-bond acceptors (Lipinski definition) is 4. The van der Waals surface area contributed by atoms with Crippen LogP contribution in [-0.4, -0.2) is 42.0 Å². The number of rotatable bonds is 5. The maximum atomic E-state index is 12.0. The molecule has 3 rings (SSSR count). The molecule has 0 spiro atoms. The highest BCUT2D eigenvalue weighted by Gasteiger charge is 2.15. The van der Waals surface area contributed by atoms with E-state index in [1.165, 1.54) is 9.71 Å². The van der Waals surface area contributed by atoms with Gasteiger partial charge in [0.2, 0.25) is 5.91 Å². The standard InChI is InChI=1S/C16H21N3OS.2ClH/c20-16(19-11-9-17-10-12-19)8-4-3-7-15-18-13-5-1-2-6-14(13)21-15;;/h1-2,5-6,17H,3-4,7-12H2;2*1H. The Balaban J connectivity index is 0.00000132. The highest BCUT2D eigenvalue weighted by Crippen LogP contribution is 2.22. The predicted molar refractivity (Wildman–Crippen MR) is 101 cm³/mol. The molecule has 0 bridgehead atoms. The van der Waals surface area contributed by atoms with Gasteiger partial charge in [-0.3, -0.25) is 4.79 Å². The van der Waals surface area contributed by atoms with Crippen molar-refractivity contribution in [2.45, 2.75) is 25.7 Å². The van der Waals surface area contributed by atoms with Crippen molar-refractivity contribution in [3.8, 4) is 0 Å². The van der Waals surface area contributed by atoms with Crippen molar-refractivity contribution in [1.82, 2.24) is 15.2 Å². The van der Waals surface area contributed by atoms with Crippen molar-refractivity contribution < 1.29 is 4.79 Å². The molecule has 0 atom stereocenters. The highest BCUT2D eigenvalue weighted by atomic mass is 35.5. The highest BCUT2D eigenvalue weighted by molar-refractivity contribution is 7.18. The molecule has 0 radical (unpaired) electrons. The van der Waals surface area contributed by atoms with Crippen molar-refractivity contribution in [2.75, 3.05) is 26.2 Å². The van der Waals surface area contributed by atoms with Crippen LogP contribution in [0.5, 0.6) is 0 Å². The Hall–Kier alpha value is -0.880. The van der Waals surface area contributed by atoms with Crippen molar-refractivity contribution in [2.24, 2.45) is 0 Å². The predicted octanol–water partition coefficient (Wildman–Crippen LogP) is 3.28. The maximum Gasteiger partial charge on any atom is 0.222 e. The van der Waals surface area contributed by atoms with Gasteiger partial charge in [0.05, 0.1) is 15.2 Å². The van der Waals surface area contributed by atoms with Gasteiger partial charge in [-0.15, -0.1) is 36.2 Å². The van der Waals surface area contributed by atoms with Gasteiger partial charge in [-0.25, -0.2) is 4.98 Å². The summed E-state index contributed by atoms with van der Waals surface area (Å²) >= 11 is 1.77. The quantitative estimate of drug-likeness (QED) is 0.815. The van der Waals surface area contributed by atoms with E-state index in [0.717, 1.165) is 51.0 Å². The van der Waals surface area contributed by atoms with Gasteiger partial charge in [0, 0.05) is 32.6 Å². The number of carbonyl (C=O) groups is 1. The summed E-state index contributed by atoms with van der Waals surface area (Å²) in [7, 11) is 0. The van der Waals surface area contributed by atoms with Gasteiger partial charge in [-0.1, -0.05) is 12.1 Å². The Labute approximate surface area is 153 Å². The molecule has 7 heteroatoms. The minimum Gasteiger partial charge on any atom is -0.340 e. The van der Waals surface area contributed by atoms with E-state index in [-0.39, 0.29) is 24.8 Å². The van der Waals surface area contributed by atoms with Crippen LogP contribution in [0.1, 0.15) is 24.3 Å². The first-order chi connectivity index (χ1) is 10.3. The average molecular weight is 376 g/mol. The number of halogens is 2. The number of amides is 1. The number of fused-ring (bicyclic) bond motifs is 1. The molecule has 1 amide bonds. The summed E-state index contributed by atoms with van der Waals surface area (Å²) in [6.45, 7) is 3.57. The zero-order valence-corrected chi connectivity index (χ0v) is 15.4. The summed E-state index contributed by atoms with van der Waals surface area (Å²) in [6, 6.07) is 8.25. The van der Waals surface area contributed by atoms with Gasteiger partial charge in [-0.05, 0) is 31.4 Å². The number of piperazine rings is 1. The fraction of sp³-hybridized carbons (Fsp3) is 0.500. The number of nitrogens with one attached hydrogen (secondary N) is 1. The number of aryl methyl sites for hydroxylation is 1. The second-order valence-corrected chi connectivity index (χ2v) is 6.53. The van der Waals surface area contributed by atoms with Crippen molar-refractivity contribution >= 4 is 52.3 Å². The van der Waals surface area contributed by atoms with Crippen LogP contribution < -0.4 is 5.32 Å². The van der Waals surface area contributed by atoms with Crippen LogP contribution in [0.4, 0.5) is 0 Å². The molecule has 1 aromatic heterocycles. The van der Waals surface area contributed by atoms with Crippen LogP contribution in [0, 0.1) is 0 Å². The first-order valence-corrected chi connectivity index (χ1v) is 8.47. The second-order valence-electron chi connectivity index (χ2n) is 5.41. The largest absolute Gasteiger partial charge is 0.340 e. The van der Waals surface area contributed by atoms with Crippen molar-refractivity contribution in [3.05, 3.63) is 29.3 Å². The lowest BCUT2D eigenvalue weighted by Crippen LogP contribution is -2.46. The number of unbranched alkanes of at least 4 members (excludes halogenated alkanes) is 1. The number of thiazole rings is 1. The Bertz CT molecular complexity index is 581. The summed E-state index contributed by atoms with van der Waals surface area (Å²) in [5.74, 6) is 0.306. The monoisotopic (exact) mass is 375 g/mol. The average Bonchev–Trinajstić information content (AvgIpc) is 2.95. The smallest absolute Gasteiger partial charge is 0.222 e. The van der Waals surface area contributed by atoms with Gasteiger partial charge in [0.15, 0.2) is 0 Å². The summed E-state index contributed by atoms with van der Waals surface area (Å²) in [5, 5.41) is 4.46.